The van der Waals surface area contributed by atoms with Gasteiger partial charge in [0.05, 0.1) is 0 Å². The molecule has 1 saturated heterocycles. The Morgan fingerprint density at radius 3 is 3.06 bits per heavy atom. The number of nitrogens with one attached hydrogen (secondary N) is 1. The van der Waals surface area contributed by atoms with Crippen LogP contribution in [-0.4, -0.2) is 36.6 Å². The topological polar surface area (TPSA) is 15.3 Å². The molecule has 2 nitrogen and oxygen atoms in total. The lowest BCUT2D eigenvalue weighted by molar-refractivity contribution is 0.138. The van der Waals surface area contributed by atoms with Gasteiger partial charge in [-0.05, 0) is 39.0 Å². The minimum Gasteiger partial charge on any atom is -0.311 e. The van der Waals surface area contributed by atoms with Gasteiger partial charge in [-0.15, -0.1) is 0 Å². The highest BCUT2D eigenvalue weighted by atomic mass is 15.2. The Balaban J connectivity index is 1.76. The summed E-state index contributed by atoms with van der Waals surface area (Å²) >= 11 is 0. The fourth-order valence-corrected chi connectivity index (χ4v) is 3.10. The first kappa shape index (κ1) is 13.1. The Morgan fingerprint density at radius 2 is 2.35 bits per heavy atom. The van der Waals surface area contributed by atoms with E-state index in [2.05, 4.69) is 30.1 Å². The SMILES string of the molecule is CCCC1CN(CCC2=CCCC2)C(C)CN1. The first-order valence-electron chi connectivity index (χ1n) is 7.45. The summed E-state index contributed by atoms with van der Waals surface area (Å²) in [5, 5.41) is 3.67. The van der Waals surface area contributed by atoms with Gasteiger partial charge in [-0.25, -0.2) is 0 Å². The Labute approximate surface area is 106 Å². The summed E-state index contributed by atoms with van der Waals surface area (Å²) < 4.78 is 0. The number of rotatable bonds is 5. The summed E-state index contributed by atoms with van der Waals surface area (Å²) in [6.07, 6.45) is 10.5. The van der Waals surface area contributed by atoms with Crippen LogP contribution in [0.2, 0.25) is 0 Å². The maximum Gasteiger partial charge on any atom is 0.0195 e. The van der Waals surface area contributed by atoms with E-state index in [1.807, 2.05) is 0 Å². The Morgan fingerprint density at radius 1 is 1.47 bits per heavy atom. The molecule has 1 aliphatic carbocycles. The second-order valence-electron chi connectivity index (χ2n) is 5.74. The van der Waals surface area contributed by atoms with Crippen LogP contribution in [0.3, 0.4) is 0 Å². The Hall–Kier alpha value is -0.340. The summed E-state index contributed by atoms with van der Waals surface area (Å²) in [7, 11) is 0. The molecular formula is C15H28N2. The summed E-state index contributed by atoms with van der Waals surface area (Å²) in [6, 6.07) is 1.44. The van der Waals surface area contributed by atoms with Gasteiger partial charge in [-0.2, -0.15) is 0 Å². The highest BCUT2D eigenvalue weighted by Crippen LogP contribution is 2.21. The molecule has 0 aromatic heterocycles. The van der Waals surface area contributed by atoms with Gasteiger partial charge in [0, 0.05) is 31.7 Å². The van der Waals surface area contributed by atoms with Crippen molar-refractivity contribution >= 4 is 0 Å². The van der Waals surface area contributed by atoms with E-state index in [4.69, 9.17) is 0 Å². The number of hydrogen-bond donors (Lipinski definition) is 1. The van der Waals surface area contributed by atoms with Crippen LogP contribution >= 0.6 is 0 Å². The molecule has 2 heteroatoms. The van der Waals surface area contributed by atoms with Gasteiger partial charge in [0.15, 0.2) is 0 Å². The smallest absolute Gasteiger partial charge is 0.0195 e. The molecule has 17 heavy (non-hydrogen) atoms. The Bertz CT molecular complexity index is 260. The second kappa shape index (κ2) is 6.55. The van der Waals surface area contributed by atoms with Gasteiger partial charge in [0.1, 0.15) is 0 Å². The quantitative estimate of drug-likeness (QED) is 0.738. The van der Waals surface area contributed by atoms with Crippen LogP contribution in [0.15, 0.2) is 11.6 Å². The van der Waals surface area contributed by atoms with Crippen LogP contribution in [-0.2, 0) is 0 Å². The van der Waals surface area contributed by atoms with E-state index in [0.717, 1.165) is 6.04 Å². The van der Waals surface area contributed by atoms with E-state index >= 15 is 0 Å². The molecule has 2 unspecified atom stereocenters. The normalized spacial score (nSPS) is 30.6. The molecule has 1 heterocycles. The largest absolute Gasteiger partial charge is 0.311 e. The van der Waals surface area contributed by atoms with Crippen molar-refractivity contribution in [2.45, 2.75) is 64.5 Å². The van der Waals surface area contributed by atoms with Crippen molar-refractivity contribution in [2.24, 2.45) is 0 Å². The van der Waals surface area contributed by atoms with Crippen LogP contribution in [0.25, 0.3) is 0 Å². The maximum atomic E-state index is 3.67. The number of piperazine rings is 1. The van der Waals surface area contributed by atoms with Gasteiger partial charge >= 0.3 is 0 Å². The van der Waals surface area contributed by atoms with E-state index in [1.165, 1.54) is 58.2 Å². The number of nitrogens with zero attached hydrogens (tertiary/aromatic N) is 1. The maximum absolute atomic E-state index is 3.67. The van der Waals surface area contributed by atoms with E-state index < -0.39 is 0 Å². The van der Waals surface area contributed by atoms with Gasteiger partial charge in [-0.3, -0.25) is 4.90 Å². The molecule has 2 atom stereocenters. The monoisotopic (exact) mass is 236 g/mol. The zero-order valence-electron chi connectivity index (χ0n) is 11.5. The lowest BCUT2D eigenvalue weighted by Crippen LogP contribution is -2.55. The minimum absolute atomic E-state index is 0.713. The van der Waals surface area contributed by atoms with E-state index in [0.29, 0.717) is 6.04 Å². The fraction of sp³-hybridized carbons (Fsp3) is 0.867. The first-order chi connectivity index (χ1) is 8.29. The van der Waals surface area contributed by atoms with Crippen LogP contribution in [0.1, 0.15) is 52.4 Å². The molecule has 1 aliphatic heterocycles. The third-order valence-electron chi connectivity index (χ3n) is 4.27. The second-order valence-corrected chi connectivity index (χ2v) is 5.74. The highest BCUT2D eigenvalue weighted by Gasteiger charge is 2.24. The lowest BCUT2D eigenvalue weighted by atomic mass is 10.0. The molecule has 2 rings (SSSR count). The summed E-state index contributed by atoms with van der Waals surface area (Å²) in [5.41, 5.74) is 1.71. The average Bonchev–Trinajstić information content (AvgIpc) is 2.83. The lowest BCUT2D eigenvalue weighted by Gasteiger charge is -2.39. The molecule has 2 aliphatic rings. The van der Waals surface area contributed by atoms with Crippen LogP contribution in [0.5, 0.6) is 0 Å². The molecule has 0 saturated carbocycles. The molecule has 98 valence electrons. The molecule has 0 amide bonds. The number of hydrogen-bond acceptors (Lipinski definition) is 2. The molecule has 0 radical (unpaired) electrons. The standard InChI is InChI=1S/C15H28N2/c1-3-6-15-12-17(13(2)11-16-15)10-9-14-7-4-5-8-14/h7,13,15-16H,3-6,8-12H2,1-2H3. The predicted molar refractivity (Wildman–Crippen MR) is 74.3 cm³/mol. The predicted octanol–water partition coefficient (Wildman–Crippen LogP) is 2.95. The van der Waals surface area contributed by atoms with Crippen molar-refractivity contribution in [3.05, 3.63) is 11.6 Å². The molecule has 1 N–H and O–H groups in total. The molecule has 0 aromatic carbocycles. The van der Waals surface area contributed by atoms with Crippen LogP contribution < -0.4 is 5.32 Å². The summed E-state index contributed by atoms with van der Waals surface area (Å²) in [4.78, 5) is 2.69. The summed E-state index contributed by atoms with van der Waals surface area (Å²) in [5.74, 6) is 0. The minimum atomic E-state index is 0.713. The van der Waals surface area contributed by atoms with Crippen molar-refractivity contribution in [1.29, 1.82) is 0 Å². The molecule has 1 fully saturated rings. The molecule has 0 bridgehead atoms. The van der Waals surface area contributed by atoms with Crippen molar-refractivity contribution in [1.82, 2.24) is 10.2 Å². The van der Waals surface area contributed by atoms with Gasteiger partial charge in [0.25, 0.3) is 0 Å². The summed E-state index contributed by atoms with van der Waals surface area (Å²) in [6.45, 7) is 8.34. The zero-order chi connectivity index (χ0) is 12.1. The van der Waals surface area contributed by atoms with E-state index in [9.17, 15) is 0 Å². The van der Waals surface area contributed by atoms with E-state index in [1.54, 1.807) is 5.57 Å². The third kappa shape index (κ3) is 3.82. The average molecular weight is 236 g/mol. The first-order valence-corrected chi connectivity index (χ1v) is 7.45. The Kier molecular flexibility index (Phi) is 5.05. The van der Waals surface area contributed by atoms with Crippen molar-refractivity contribution in [3.8, 4) is 0 Å². The molecular weight excluding hydrogens is 208 g/mol. The van der Waals surface area contributed by atoms with Gasteiger partial charge < -0.3 is 5.32 Å². The van der Waals surface area contributed by atoms with Crippen LogP contribution in [0.4, 0.5) is 0 Å². The van der Waals surface area contributed by atoms with Gasteiger partial charge in [0.2, 0.25) is 0 Å². The zero-order valence-corrected chi connectivity index (χ0v) is 11.5. The third-order valence-corrected chi connectivity index (χ3v) is 4.27. The number of allylic oxidation sites excluding steroid dienone is 1. The fourth-order valence-electron chi connectivity index (χ4n) is 3.10. The van der Waals surface area contributed by atoms with Gasteiger partial charge in [-0.1, -0.05) is 25.0 Å². The van der Waals surface area contributed by atoms with Crippen molar-refractivity contribution < 1.29 is 0 Å². The molecule has 0 spiro atoms. The van der Waals surface area contributed by atoms with Crippen molar-refractivity contribution in [3.63, 3.8) is 0 Å². The van der Waals surface area contributed by atoms with Crippen molar-refractivity contribution in [2.75, 3.05) is 19.6 Å². The van der Waals surface area contributed by atoms with E-state index in [-0.39, 0.29) is 0 Å². The van der Waals surface area contributed by atoms with Crippen LogP contribution in [0, 0.1) is 0 Å². The molecule has 0 aromatic rings. The highest BCUT2D eigenvalue weighted by molar-refractivity contribution is 5.07.